The highest BCUT2D eigenvalue weighted by Crippen LogP contribution is 2.24. The fraction of sp³-hybridized carbons (Fsp3) is 0.133. The number of benzene rings is 2. The molecule has 1 N–H and O–H groups in total. The third kappa shape index (κ3) is 1.81. The summed E-state index contributed by atoms with van der Waals surface area (Å²) in [6.07, 6.45) is 0. The maximum absolute atomic E-state index is 12.2. The minimum atomic E-state index is -0.162. The molecule has 4 nitrogen and oxygen atoms in total. The number of fused-ring (bicyclic) bond motifs is 1. The zero-order valence-electron chi connectivity index (χ0n) is 10.8. The van der Waals surface area contributed by atoms with E-state index in [4.69, 9.17) is 4.74 Å². The van der Waals surface area contributed by atoms with Crippen LogP contribution in [-0.4, -0.2) is 16.7 Å². The molecule has 2 aromatic carbocycles. The Morgan fingerprint density at radius 1 is 1.16 bits per heavy atom. The van der Waals surface area contributed by atoms with Crippen molar-refractivity contribution in [1.29, 1.82) is 0 Å². The number of nitrogens with one attached hydrogen (secondary N) is 1. The topological polar surface area (TPSA) is 47.0 Å². The van der Waals surface area contributed by atoms with Crippen molar-refractivity contribution in [3.05, 3.63) is 58.5 Å². The molecule has 19 heavy (non-hydrogen) atoms. The van der Waals surface area contributed by atoms with Crippen LogP contribution >= 0.6 is 0 Å². The Kier molecular flexibility index (Phi) is 2.63. The van der Waals surface area contributed by atoms with Gasteiger partial charge in [0, 0.05) is 0 Å². The van der Waals surface area contributed by atoms with Crippen molar-refractivity contribution >= 4 is 11.0 Å². The molecule has 96 valence electrons. The summed E-state index contributed by atoms with van der Waals surface area (Å²) in [7, 11) is 1.60. The summed E-state index contributed by atoms with van der Waals surface area (Å²) in [6, 6.07) is 13.4. The van der Waals surface area contributed by atoms with Gasteiger partial charge in [0.1, 0.15) is 5.75 Å². The molecule has 0 spiro atoms. The van der Waals surface area contributed by atoms with E-state index in [1.165, 1.54) is 0 Å². The van der Waals surface area contributed by atoms with E-state index >= 15 is 0 Å². The molecule has 1 heterocycles. The van der Waals surface area contributed by atoms with E-state index < -0.39 is 0 Å². The van der Waals surface area contributed by atoms with Crippen LogP contribution in [-0.2, 0) is 0 Å². The van der Waals surface area contributed by atoms with Crippen LogP contribution in [0.1, 0.15) is 5.56 Å². The van der Waals surface area contributed by atoms with Crippen molar-refractivity contribution < 1.29 is 4.74 Å². The van der Waals surface area contributed by atoms with E-state index in [1.807, 2.05) is 49.4 Å². The second-order valence-corrected chi connectivity index (χ2v) is 4.46. The number of ether oxygens (including phenoxy) is 1. The summed E-state index contributed by atoms with van der Waals surface area (Å²) in [5.41, 5.74) is 3.37. The van der Waals surface area contributed by atoms with Crippen molar-refractivity contribution in [2.75, 3.05) is 7.11 Å². The molecule has 0 radical (unpaired) electrons. The van der Waals surface area contributed by atoms with Gasteiger partial charge in [-0.25, -0.2) is 4.79 Å². The molecule has 0 atom stereocenters. The van der Waals surface area contributed by atoms with Crippen LogP contribution in [0.2, 0.25) is 0 Å². The van der Waals surface area contributed by atoms with Crippen LogP contribution in [0.3, 0.4) is 0 Å². The van der Waals surface area contributed by atoms with Crippen molar-refractivity contribution in [3.8, 4) is 11.4 Å². The van der Waals surface area contributed by atoms with Crippen molar-refractivity contribution in [2.24, 2.45) is 0 Å². The largest absolute Gasteiger partial charge is 0.495 e. The highest BCUT2D eigenvalue weighted by atomic mass is 16.5. The first kappa shape index (κ1) is 11.6. The maximum Gasteiger partial charge on any atom is 0.331 e. The number of methoxy groups -OCH3 is 1. The summed E-state index contributed by atoms with van der Waals surface area (Å²) < 4.78 is 6.96. The SMILES string of the molecule is COc1ccccc1-n1c(=O)[nH]c2cc(C)ccc21. The molecule has 3 aromatic rings. The number of rotatable bonds is 2. The van der Waals surface area contributed by atoms with Gasteiger partial charge in [-0.2, -0.15) is 0 Å². The third-order valence-corrected chi connectivity index (χ3v) is 3.16. The van der Waals surface area contributed by atoms with Gasteiger partial charge in [0.2, 0.25) is 0 Å². The first-order chi connectivity index (χ1) is 9.20. The molecular weight excluding hydrogens is 240 g/mol. The first-order valence-electron chi connectivity index (χ1n) is 6.05. The van der Waals surface area contributed by atoms with E-state index in [2.05, 4.69) is 4.98 Å². The predicted octanol–water partition coefficient (Wildman–Crippen LogP) is 2.64. The highest BCUT2D eigenvalue weighted by Gasteiger charge is 2.12. The van der Waals surface area contributed by atoms with Gasteiger partial charge < -0.3 is 9.72 Å². The van der Waals surface area contributed by atoms with Crippen LogP contribution in [0.5, 0.6) is 5.75 Å². The number of imidazole rings is 1. The number of aryl methyl sites for hydroxylation is 1. The lowest BCUT2D eigenvalue weighted by Gasteiger charge is -2.09. The lowest BCUT2D eigenvalue weighted by Crippen LogP contribution is -2.15. The molecule has 0 fully saturated rings. The van der Waals surface area contributed by atoms with E-state index in [-0.39, 0.29) is 5.69 Å². The second-order valence-electron chi connectivity index (χ2n) is 4.46. The number of hydrogen-bond donors (Lipinski definition) is 1. The molecule has 4 heteroatoms. The summed E-state index contributed by atoms with van der Waals surface area (Å²) >= 11 is 0. The number of aromatic nitrogens is 2. The number of para-hydroxylation sites is 2. The molecule has 0 bridgehead atoms. The van der Waals surface area contributed by atoms with Gasteiger partial charge in [-0.05, 0) is 36.8 Å². The van der Waals surface area contributed by atoms with E-state index in [9.17, 15) is 4.79 Å². The van der Waals surface area contributed by atoms with Gasteiger partial charge >= 0.3 is 5.69 Å². The molecule has 0 saturated carbocycles. The average molecular weight is 254 g/mol. The fourth-order valence-electron chi connectivity index (χ4n) is 2.28. The maximum atomic E-state index is 12.2. The van der Waals surface area contributed by atoms with Crippen LogP contribution in [0.15, 0.2) is 47.3 Å². The summed E-state index contributed by atoms with van der Waals surface area (Å²) in [5.74, 6) is 0.672. The Morgan fingerprint density at radius 3 is 2.74 bits per heavy atom. The molecule has 1 aromatic heterocycles. The van der Waals surface area contributed by atoms with Gasteiger partial charge in [0.25, 0.3) is 0 Å². The normalized spacial score (nSPS) is 10.8. The predicted molar refractivity (Wildman–Crippen MR) is 75.2 cm³/mol. The molecule has 0 aliphatic carbocycles. The Bertz CT molecular complexity index is 799. The standard InChI is InChI=1S/C15H14N2O2/c1-10-7-8-12-11(9-10)16-15(18)17(12)13-5-3-4-6-14(13)19-2/h3-9H,1-2H3,(H,16,18). The number of H-pyrrole nitrogens is 1. The number of aromatic amines is 1. The monoisotopic (exact) mass is 254 g/mol. The second kappa shape index (κ2) is 4.31. The summed E-state index contributed by atoms with van der Waals surface area (Å²) in [4.78, 5) is 15.0. The number of hydrogen-bond acceptors (Lipinski definition) is 2. The molecule has 3 rings (SSSR count). The summed E-state index contributed by atoms with van der Waals surface area (Å²) in [6.45, 7) is 2.00. The van der Waals surface area contributed by atoms with Gasteiger partial charge in [-0.1, -0.05) is 18.2 Å². The molecule has 0 aliphatic rings. The zero-order valence-corrected chi connectivity index (χ0v) is 10.8. The summed E-state index contributed by atoms with van der Waals surface area (Å²) in [5, 5.41) is 0. The Morgan fingerprint density at radius 2 is 1.95 bits per heavy atom. The van der Waals surface area contributed by atoms with E-state index in [0.29, 0.717) is 5.75 Å². The average Bonchev–Trinajstić information content (AvgIpc) is 2.73. The van der Waals surface area contributed by atoms with Crippen LogP contribution in [0.4, 0.5) is 0 Å². The highest BCUT2D eigenvalue weighted by molar-refractivity contribution is 5.78. The Labute approximate surface area is 110 Å². The minimum absolute atomic E-state index is 0.162. The van der Waals surface area contributed by atoms with Gasteiger partial charge in [0.05, 0.1) is 23.8 Å². The van der Waals surface area contributed by atoms with Gasteiger partial charge in [-0.15, -0.1) is 0 Å². The lowest BCUT2D eigenvalue weighted by atomic mass is 10.2. The van der Waals surface area contributed by atoms with Crippen LogP contribution in [0.25, 0.3) is 16.7 Å². The van der Waals surface area contributed by atoms with E-state index in [0.717, 1.165) is 22.3 Å². The zero-order chi connectivity index (χ0) is 13.4. The van der Waals surface area contributed by atoms with Crippen LogP contribution in [0, 0.1) is 6.92 Å². The molecule has 0 unspecified atom stereocenters. The van der Waals surface area contributed by atoms with Crippen molar-refractivity contribution in [1.82, 2.24) is 9.55 Å². The Balaban J connectivity index is 2.36. The Hall–Kier alpha value is -2.49. The van der Waals surface area contributed by atoms with Gasteiger partial charge in [-0.3, -0.25) is 4.57 Å². The quantitative estimate of drug-likeness (QED) is 0.764. The van der Waals surface area contributed by atoms with Crippen molar-refractivity contribution in [3.63, 3.8) is 0 Å². The lowest BCUT2D eigenvalue weighted by molar-refractivity contribution is 0.413. The molecular formula is C15H14N2O2. The van der Waals surface area contributed by atoms with Crippen molar-refractivity contribution in [2.45, 2.75) is 6.92 Å². The molecule has 0 amide bonds. The fourth-order valence-corrected chi connectivity index (χ4v) is 2.28. The number of nitrogens with zero attached hydrogens (tertiary/aromatic N) is 1. The van der Waals surface area contributed by atoms with E-state index in [1.54, 1.807) is 11.7 Å². The smallest absolute Gasteiger partial charge is 0.331 e. The minimum Gasteiger partial charge on any atom is -0.495 e. The van der Waals surface area contributed by atoms with Crippen LogP contribution < -0.4 is 10.4 Å². The van der Waals surface area contributed by atoms with Gasteiger partial charge in [0.15, 0.2) is 0 Å². The first-order valence-corrected chi connectivity index (χ1v) is 6.05. The molecule has 0 saturated heterocycles. The molecule has 0 aliphatic heterocycles. The third-order valence-electron chi connectivity index (χ3n) is 3.16.